The molecule has 0 unspecified atom stereocenters. The van der Waals surface area contributed by atoms with Crippen molar-refractivity contribution in [2.24, 2.45) is 5.73 Å². The largest absolute Gasteiger partial charge is 0.330 e. The van der Waals surface area contributed by atoms with Crippen LogP contribution in [0.1, 0.15) is 11.3 Å². The number of benzene rings is 1. The van der Waals surface area contributed by atoms with E-state index < -0.39 is 0 Å². The van der Waals surface area contributed by atoms with E-state index in [9.17, 15) is 9.18 Å². The van der Waals surface area contributed by atoms with Crippen LogP contribution in [0, 0.1) is 12.7 Å². The van der Waals surface area contributed by atoms with E-state index in [0.29, 0.717) is 28.7 Å². The number of halogens is 1. The molecule has 0 aliphatic heterocycles. The second-order valence-electron chi connectivity index (χ2n) is 4.10. The zero-order chi connectivity index (χ0) is 13.8. The Morgan fingerprint density at radius 3 is 2.84 bits per heavy atom. The van der Waals surface area contributed by atoms with E-state index in [1.54, 1.807) is 13.0 Å². The van der Waals surface area contributed by atoms with Gasteiger partial charge < -0.3 is 10.7 Å². The number of nitrogens with one attached hydrogen (secondary N) is 1. The van der Waals surface area contributed by atoms with Crippen molar-refractivity contribution in [2.45, 2.75) is 23.4 Å². The van der Waals surface area contributed by atoms with Crippen LogP contribution in [0.4, 0.5) is 4.39 Å². The molecule has 1 aromatic heterocycles. The molecule has 0 amide bonds. The first-order valence-electron chi connectivity index (χ1n) is 5.83. The van der Waals surface area contributed by atoms with Crippen LogP contribution in [-0.2, 0) is 6.42 Å². The van der Waals surface area contributed by atoms with Gasteiger partial charge in [-0.3, -0.25) is 4.79 Å². The predicted molar refractivity (Wildman–Crippen MR) is 72.9 cm³/mol. The molecule has 1 aromatic carbocycles. The van der Waals surface area contributed by atoms with Crippen LogP contribution in [0.25, 0.3) is 0 Å². The lowest BCUT2D eigenvalue weighted by Gasteiger charge is -2.05. The normalized spacial score (nSPS) is 10.7. The van der Waals surface area contributed by atoms with Gasteiger partial charge in [0.05, 0.1) is 4.90 Å². The van der Waals surface area contributed by atoms with Gasteiger partial charge in [0.25, 0.3) is 5.56 Å². The van der Waals surface area contributed by atoms with Gasteiger partial charge in [-0.05, 0) is 49.3 Å². The molecule has 2 aromatic rings. The molecule has 0 saturated carbocycles. The zero-order valence-corrected chi connectivity index (χ0v) is 11.3. The standard InChI is InChI=1S/C13H14FN3OS/c1-8-6-12(18)17-13(16-8)19-11-3-2-9(4-5-15)7-10(11)14/h2-3,6-7H,4-5,15H2,1H3,(H,16,17,18). The fourth-order valence-corrected chi connectivity index (χ4v) is 2.50. The molecule has 6 heteroatoms. The molecule has 0 fully saturated rings. The Hall–Kier alpha value is -1.66. The number of nitrogens with two attached hydrogens (primary N) is 1. The van der Waals surface area contributed by atoms with Crippen molar-refractivity contribution in [1.82, 2.24) is 9.97 Å². The van der Waals surface area contributed by atoms with Gasteiger partial charge in [0.15, 0.2) is 5.16 Å². The molecular formula is C13H14FN3OS. The molecule has 0 atom stereocenters. The highest BCUT2D eigenvalue weighted by atomic mass is 32.2. The third kappa shape index (κ3) is 3.65. The summed E-state index contributed by atoms with van der Waals surface area (Å²) in [6, 6.07) is 6.35. The van der Waals surface area contributed by atoms with Gasteiger partial charge in [-0.25, -0.2) is 9.37 Å². The minimum Gasteiger partial charge on any atom is -0.330 e. The summed E-state index contributed by atoms with van der Waals surface area (Å²) in [6.45, 7) is 2.21. The van der Waals surface area contributed by atoms with E-state index in [4.69, 9.17) is 5.73 Å². The van der Waals surface area contributed by atoms with E-state index in [2.05, 4.69) is 9.97 Å². The Bertz CT molecular complexity index is 642. The molecule has 0 spiro atoms. The van der Waals surface area contributed by atoms with Crippen LogP contribution in [0.5, 0.6) is 0 Å². The molecule has 19 heavy (non-hydrogen) atoms. The Morgan fingerprint density at radius 1 is 1.42 bits per heavy atom. The van der Waals surface area contributed by atoms with E-state index >= 15 is 0 Å². The lowest BCUT2D eigenvalue weighted by atomic mass is 10.1. The third-order valence-electron chi connectivity index (χ3n) is 2.48. The second kappa shape index (κ2) is 5.99. The maximum Gasteiger partial charge on any atom is 0.251 e. The number of hydrogen-bond donors (Lipinski definition) is 2. The molecule has 1 heterocycles. The topological polar surface area (TPSA) is 71.8 Å². The highest BCUT2D eigenvalue weighted by Crippen LogP contribution is 2.27. The highest BCUT2D eigenvalue weighted by Gasteiger charge is 2.07. The number of aromatic amines is 1. The van der Waals surface area contributed by atoms with Crippen molar-refractivity contribution >= 4 is 11.8 Å². The predicted octanol–water partition coefficient (Wildman–Crippen LogP) is 1.87. The quantitative estimate of drug-likeness (QED) is 0.838. The first-order valence-corrected chi connectivity index (χ1v) is 6.64. The fraction of sp³-hybridized carbons (Fsp3) is 0.231. The first-order chi connectivity index (χ1) is 9.08. The minimum atomic E-state index is -0.333. The van der Waals surface area contributed by atoms with Crippen LogP contribution >= 0.6 is 11.8 Å². The SMILES string of the molecule is Cc1cc(=O)[nH]c(Sc2ccc(CCN)cc2F)n1. The second-order valence-corrected chi connectivity index (χ2v) is 5.13. The number of nitrogens with zero attached hydrogens (tertiary/aromatic N) is 1. The Kier molecular flexibility index (Phi) is 4.34. The summed E-state index contributed by atoms with van der Waals surface area (Å²) in [7, 11) is 0. The van der Waals surface area contributed by atoms with Crippen molar-refractivity contribution in [2.75, 3.05) is 6.54 Å². The summed E-state index contributed by atoms with van der Waals surface area (Å²) in [6.07, 6.45) is 0.640. The minimum absolute atomic E-state index is 0.241. The smallest absolute Gasteiger partial charge is 0.251 e. The lowest BCUT2D eigenvalue weighted by Crippen LogP contribution is -2.08. The average Bonchev–Trinajstić information content (AvgIpc) is 2.32. The van der Waals surface area contributed by atoms with Crippen LogP contribution in [-0.4, -0.2) is 16.5 Å². The van der Waals surface area contributed by atoms with Gasteiger partial charge in [0.1, 0.15) is 5.82 Å². The van der Waals surface area contributed by atoms with E-state index in [0.717, 1.165) is 17.3 Å². The highest BCUT2D eigenvalue weighted by molar-refractivity contribution is 7.99. The fourth-order valence-electron chi connectivity index (χ4n) is 1.65. The van der Waals surface area contributed by atoms with Crippen molar-refractivity contribution in [3.05, 3.63) is 51.7 Å². The van der Waals surface area contributed by atoms with Gasteiger partial charge in [-0.1, -0.05) is 6.07 Å². The maximum atomic E-state index is 13.9. The molecule has 0 saturated heterocycles. The van der Waals surface area contributed by atoms with Crippen molar-refractivity contribution in [3.63, 3.8) is 0 Å². The first kappa shape index (κ1) is 13.8. The Labute approximate surface area is 114 Å². The summed E-state index contributed by atoms with van der Waals surface area (Å²) in [5.74, 6) is -0.333. The van der Waals surface area contributed by atoms with Gasteiger partial charge in [-0.15, -0.1) is 0 Å². The molecule has 2 rings (SSSR count). The number of aryl methyl sites for hydroxylation is 1. The number of aromatic nitrogens is 2. The van der Waals surface area contributed by atoms with Crippen LogP contribution in [0.15, 0.2) is 39.1 Å². The molecule has 4 nitrogen and oxygen atoms in total. The molecule has 0 bridgehead atoms. The molecular weight excluding hydrogens is 265 g/mol. The van der Waals surface area contributed by atoms with Gasteiger partial charge in [0, 0.05) is 11.8 Å². The molecule has 100 valence electrons. The lowest BCUT2D eigenvalue weighted by molar-refractivity contribution is 0.599. The van der Waals surface area contributed by atoms with Gasteiger partial charge >= 0.3 is 0 Å². The van der Waals surface area contributed by atoms with Crippen LogP contribution in [0.3, 0.4) is 0 Å². The van der Waals surface area contributed by atoms with Crippen molar-refractivity contribution in [3.8, 4) is 0 Å². The summed E-state index contributed by atoms with van der Waals surface area (Å²) >= 11 is 1.10. The molecule has 3 N–H and O–H groups in total. The Morgan fingerprint density at radius 2 is 2.21 bits per heavy atom. The van der Waals surface area contributed by atoms with Gasteiger partial charge in [-0.2, -0.15) is 0 Å². The zero-order valence-electron chi connectivity index (χ0n) is 10.4. The van der Waals surface area contributed by atoms with E-state index in [1.165, 1.54) is 12.1 Å². The van der Waals surface area contributed by atoms with Crippen molar-refractivity contribution < 1.29 is 4.39 Å². The van der Waals surface area contributed by atoms with Crippen LogP contribution < -0.4 is 11.3 Å². The number of hydrogen-bond acceptors (Lipinski definition) is 4. The molecule has 0 radical (unpaired) electrons. The van der Waals surface area contributed by atoms with E-state index in [1.807, 2.05) is 6.07 Å². The molecule has 0 aliphatic carbocycles. The number of H-pyrrole nitrogens is 1. The Balaban J connectivity index is 2.25. The maximum absolute atomic E-state index is 13.9. The third-order valence-corrected chi connectivity index (χ3v) is 3.42. The van der Waals surface area contributed by atoms with Crippen molar-refractivity contribution in [1.29, 1.82) is 0 Å². The molecule has 0 aliphatic rings. The summed E-state index contributed by atoms with van der Waals surface area (Å²) < 4.78 is 13.9. The number of rotatable bonds is 4. The van der Waals surface area contributed by atoms with Crippen LogP contribution in [0.2, 0.25) is 0 Å². The van der Waals surface area contributed by atoms with E-state index in [-0.39, 0.29) is 11.4 Å². The summed E-state index contributed by atoms with van der Waals surface area (Å²) in [5, 5.41) is 0.385. The monoisotopic (exact) mass is 279 g/mol. The van der Waals surface area contributed by atoms with Gasteiger partial charge in [0.2, 0.25) is 0 Å². The summed E-state index contributed by atoms with van der Waals surface area (Å²) in [5.41, 5.74) is 6.65. The summed E-state index contributed by atoms with van der Waals surface area (Å²) in [4.78, 5) is 18.5. The average molecular weight is 279 g/mol.